The van der Waals surface area contributed by atoms with Gasteiger partial charge in [-0.15, -0.1) is 0 Å². The van der Waals surface area contributed by atoms with E-state index in [0.29, 0.717) is 0 Å². The summed E-state index contributed by atoms with van der Waals surface area (Å²) in [5.41, 5.74) is 2.17. The van der Waals surface area contributed by atoms with Crippen molar-refractivity contribution in [3.05, 3.63) is 59.4 Å². The molecule has 1 atom stereocenters. The summed E-state index contributed by atoms with van der Waals surface area (Å²) in [4.78, 5) is 13.3. The molecule has 1 aliphatic heterocycles. The molecule has 0 amide bonds. The van der Waals surface area contributed by atoms with Gasteiger partial charge < -0.3 is 10.0 Å². The molecule has 2 aromatic rings. The highest BCUT2D eigenvalue weighted by Gasteiger charge is 2.29. The predicted molar refractivity (Wildman–Crippen MR) is 79.7 cm³/mol. The molecule has 1 heterocycles. The Hall–Kier alpha value is -2.36. The molecule has 0 aliphatic carbocycles. The van der Waals surface area contributed by atoms with Crippen molar-refractivity contribution < 1.29 is 14.3 Å². The number of halogens is 1. The van der Waals surface area contributed by atoms with Gasteiger partial charge in [-0.05, 0) is 43.5 Å². The van der Waals surface area contributed by atoms with Crippen LogP contribution in [-0.2, 0) is 6.42 Å². The van der Waals surface area contributed by atoms with Gasteiger partial charge in [0.05, 0.1) is 11.3 Å². The quantitative estimate of drug-likeness (QED) is 0.906. The lowest BCUT2D eigenvalue weighted by Gasteiger charge is -2.37. The Balaban J connectivity index is 2.23. The van der Waals surface area contributed by atoms with Gasteiger partial charge in [-0.1, -0.05) is 24.3 Å². The van der Waals surface area contributed by atoms with Gasteiger partial charge in [0.15, 0.2) is 0 Å². The Morgan fingerprint density at radius 2 is 2.00 bits per heavy atom. The fourth-order valence-corrected chi connectivity index (χ4v) is 2.96. The van der Waals surface area contributed by atoms with E-state index in [2.05, 4.69) is 0 Å². The third-order valence-corrected chi connectivity index (χ3v) is 3.98. The second kappa shape index (κ2) is 5.20. The van der Waals surface area contributed by atoms with Gasteiger partial charge in [0.1, 0.15) is 5.82 Å². The van der Waals surface area contributed by atoms with Crippen LogP contribution < -0.4 is 4.90 Å². The van der Waals surface area contributed by atoms with E-state index in [9.17, 15) is 14.3 Å². The van der Waals surface area contributed by atoms with Gasteiger partial charge in [-0.25, -0.2) is 9.18 Å². The molecule has 0 radical (unpaired) electrons. The monoisotopic (exact) mass is 285 g/mol. The normalized spacial score (nSPS) is 17.4. The van der Waals surface area contributed by atoms with E-state index in [1.165, 1.54) is 18.2 Å². The molecule has 0 bridgehead atoms. The van der Waals surface area contributed by atoms with Crippen LogP contribution in [0.4, 0.5) is 15.8 Å². The highest BCUT2D eigenvalue weighted by molar-refractivity contribution is 5.96. The van der Waals surface area contributed by atoms with Crippen molar-refractivity contribution in [3.8, 4) is 0 Å². The molecule has 0 spiro atoms. The second-order valence-electron chi connectivity index (χ2n) is 5.33. The lowest BCUT2D eigenvalue weighted by atomic mass is 9.95. The molecule has 21 heavy (non-hydrogen) atoms. The van der Waals surface area contributed by atoms with E-state index < -0.39 is 11.8 Å². The van der Waals surface area contributed by atoms with Crippen molar-refractivity contribution in [3.63, 3.8) is 0 Å². The number of aryl methyl sites for hydroxylation is 1. The van der Waals surface area contributed by atoms with E-state index in [1.807, 2.05) is 36.1 Å². The molecule has 1 N–H and O–H groups in total. The highest BCUT2D eigenvalue weighted by atomic mass is 19.1. The minimum Gasteiger partial charge on any atom is -0.478 e. The van der Waals surface area contributed by atoms with E-state index in [0.717, 1.165) is 24.1 Å². The first-order chi connectivity index (χ1) is 10.1. The first kappa shape index (κ1) is 13.6. The lowest BCUT2D eigenvalue weighted by molar-refractivity contribution is 0.0697. The summed E-state index contributed by atoms with van der Waals surface area (Å²) in [7, 11) is 0. The molecule has 0 saturated carbocycles. The van der Waals surface area contributed by atoms with Crippen LogP contribution in [0.25, 0.3) is 0 Å². The lowest BCUT2D eigenvalue weighted by Crippen LogP contribution is -2.35. The number of anilines is 2. The molecule has 1 unspecified atom stereocenters. The van der Waals surface area contributed by atoms with Crippen LogP contribution in [-0.4, -0.2) is 17.1 Å². The standard InChI is InChI=1S/C17H16FNO2/c1-11-9-10-12-5-2-3-8-15(12)19(11)16-13(17(20)21)6-4-7-14(16)18/h2-8,11H,9-10H2,1H3,(H,20,21). The summed E-state index contributed by atoms with van der Waals surface area (Å²) in [6.45, 7) is 1.99. The number of carbonyl (C=O) groups is 1. The van der Waals surface area contributed by atoms with Crippen molar-refractivity contribution in [2.24, 2.45) is 0 Å². The highest BCUT2D eigenvalue weighted by Crippen LogP contribution is 2.39. The van der Waals surface area contributed by atoms with Crippen molar-refractivity contribution in [2.75, 3.05) is 4.90 Å². The van der Waals surface area contributed by atoms with Gasteiger partial charge in [0.2, 0.25) is 0 Å². The fourth-order valence-electron chi connectivity index (χ4n) is 2.96. The van der Waals surface area contributed by atoms with Gasteiger partial charge in [0.25, 0.3) is 0 Å². The van der Waals surface area contributed by atoms with Crippen LogP contribution in [0.15, 0.2) is 42.5 Å². The molecular weight excluding hydrogens is 269 g/mol. The molecule has 4 heteroatoms. The van der Waals surface area contributed by atoms with Crippen molar-refractivity contribution >= 4 is 17.3 Å². The summed E-state index contributed by atoms with van der Waals surface area (Å²) < 4.78 is 14.4. The minimum atomic E-state index is -1.11. The summed E-state index contributed by atoms with van der Waals surface area (Å²) in [5, 5.41) is 9.36. The van der Waals surface area contributed by atoms with Gasteiger partial charge >= 0.3 is 5.97 Å². The Bertz CT molecular complexity index is 699. The molecule has 3 nitrogen and oxygen atoms in total. The van der Waals surface area contributed by atoms with Gasteiger partial charge in [0, 0.05) is 11.7 Å². The number of rotatable bonds is 2. The molecule has 2 aromatic carbocycles. The maximum Gasteiger partial charge on any atom is 0.337 e. The Kier molecular flexibility index (Phi) is 3.37. The number of hydrogen-bond donors (Lipinski definition) is 1. The van der Waals surface area contributed by atoms with Crippen LogP contribution >= 0.6 is 0 Å². The van der Waals surface area contributed by atoms with Crippen molar-refractivity contribution in [2.45, 2.75) is 25.8 Å². The number of para-hydroxylation sites is 2. The number of hydrogen-bond acceptors (Lipinski definition) is 2. The topological polar surface area (TPSA) is 40.5 Å². The Morgan fingerprint density at radius 1 is 1.24 bits per heavy atom. The number of aromatic carboxylic acids is 1. The maximum absolute atomic E-state index is 14.4. The number of fused-ring (bicyclic) bond motifs is 1. The number of carboxylic acids is 1. The van der Waals surface area contributed by atoms with Crippen LogP contribution in [0.5, 0.6) is 0 Å². The summed E-state index contributed by atoms with van der Waals surface area (Å²) in [6.07, 6.45) is 1.79. The zero-order chi connectivity index (χ0) is 15.0. The van der Waals surface area contributed by atoms with Crippen LogP contribution in [0, 0.1) is 5.82 Å². The van der Waals surface area contributed by atoms with Crippen LogP contribution in [0.2, 0.25) is 0 Å². The first-order valence-corrected chi connectivity index (χ1v) is 6.98. The predicted octanol–water partition coefficient (Wildman–Crippen LogP) is 4.00. The Morgan fingerprint density at radius 3 is 2.76 bits per heavy atom. The number of carboxylic acid groups (broad SMARTS) is 1. The zero-order valence-electron chi connectivity index (χ0n) is 11.7. The summed E-state index contributed by atoms with van der Waals surface area (Å²) >= 11 is 0. The fraction of sp³-hybridized carbons (Fsp3) is 0.235. The molecule has 3 rings (SSSR count). The third-order valence-electron chi connectivity index (χ3n) is 3.98. The molecule has 0 saturated heterocycles. The third kappa shape index (κ3) is 2.27. The zero-order valence-corrected chi connectivity index (χ0v) is 11.7. The van der Waals surface area contributed by atoms with E-state index in [4.69, 9.17) is 0 Å². The molecular formula is C17H16FNO2. The molecule has 0 aromatic heterocycles. The SMILES string of the molecule is CC1CCc2ccccc2N1c1c(F)cccc1C(=O)O. The average molecular weight is 285 g/mol. The van der Waals surface area contributed by atoms with Crippen LogP contribution in [0.3, 0.4) is 0 Å². The van der Waals surface area contributed by atoms with Crippen LogP contribution in [0.1, 0.15) is 29.3 Å². The molecule has 0 fully saturated rings. The smallest absolute Gasteiger partial charge is 0.337 e. The van der Waals surface area contributed by atoms with E-state index >= 15 is 0 Å². The van der Waals surface area contributed by atoms with E-state index in [1.54, 1.807) is 0 Å². The summed E-state index contributed by atoms with van der Waals surface area (Å²) in [5.74, 6) is -1.61. The molecule has 1 aliphatic rings. The first-order valence-electron chi connectivity index (χ1n) is 6.98. The largest absolute Gasteiger partial charge is 0.478 e. The van der Waals surface area contributed by atoms with Crippen molar-refractivity contribution in [1.82, 2.24) is 0 Å². The molecule has 108 valence electrons. The van der Waals surface area contributed by atoms with Gasteiger partial charge in [-0.2, -0.15) is 0 Å². The minimum absolute atomic E-state index is 0.00134. The Labute approximate surface area is 122 Å². The van der Waals surface area contributed by atoms with Crippen molar-refractivity contribution in [1.29, 1.82) is 0 Å². The van der Waals surface area contributed by atoms with E-state index in [-0.39, 0.29) is 17.3 Å². The summed E-state index contributed by atoms with van der Waals surface area (Å²) in [6, 6.07) is 12.0. The van der Waals surface area contributed by atoms with Gasteiger partial charge in [-0.3, -0.25) is 0 Å². The number of benzene rings is 2. The second-order valence-corrected chi connectivity index (χ2v) is 5.33. The maximum atomic E-state index is 14.4. The number of nitrogens with zero attached hydrogens (tertiary/aromatic N) is 1. The average Bonchev–Trinajstić information content (AvgIpc) is 2.47.